The summed E-state index contributed by atoms with van der Waals surface area (Å²) in [6, 6.07) is 2.48. The summed E-state index contributed by atoms with van der Waals surface area (Å²) in [5.74, 6) is -1.58. The maximum atomic E-state index is 13.4. The molecule has 2 N–H and O–H groups in total. The van der Waals surface area contributed by atoms with Gasteiger partial charge < -0.3 is 10.3 Å². The summed E-state index contributed by atoms with van der Waals surface area (Å²) in [7, 11) is 0. The molecule has 0 radical (unpaired) electrons. The van der Waals surface area contributed by atoms with Gasteiger partial charge in [0.2, 0.25) is 0 Å². The van der Waals surface area contributed by atoms with Gasteiger partial charge in [-0.3, -0.25) is 0 Å². The smallest absolute Gasteiger partial charge is 0.160 e. The van der Waals surface area contributed by atoms with Gasteiger partial charge in [0.05, 0.1) is 5.52 Å². The summed E-state index contributed by atoms with van der Waals surface area (Å²) >= 11 is 0. The van der Waals surface area contributed by atoms with Crippen LogP contribution in [0.25, 0.3) is 10.9 Å². The lowest BCUT2D eigenvalue weighted by Crippen LogP contribution is -2.10. The van der Waals surface area contributed by atoms with Crippen molar-refractivity contribution in [2.45, 2.75) is 38.8 Å². The van der Waals surface area contributed by atoms with E-state index in [-0.39, 0.29) is 18.4 Å². The van der Waals surface area contributed by atoms with Gasteiger partial charge in [-0.05, 0) is 30.9 Å². The largest absolute Gasteiger partial charge is 0.344 e. The number of fused-ring (bicyclic) bond motifs is 3. The van der Waals surface area contributed by atoms with E-state index >= 15 is 0 Å². The first-order valence-corrected chi connectivity index (χ1v) is 6.39. The zero-order valence-electron chi connectivity index (χ0n) is 10.7. The van der Waals surface area contributed by atoms with E-state index in [0.29, 0.717) is 0 Å². The third-order valence-corrected chi connectivity index (χ3v) is 3.86. The molecule has 0 fully saturated rings. The zero-order valence-corrected chi connectivity index (χ0v) is 11.6. The summed E-state index contributed by atoms with van der Waals surface area (Å²) in [5.41, 5.74) is 9.07. The van der Waals surface area contributed by atoms with Crippen molar-refractivity contribution in [2.75, 3.05) is 0 Å². The average molecular weight is 287 g/mol. The topological polar surface area (TPSA) is 30.9 Å². The number of nitrogens with two attached hydrogens (primary N) is 1. The molecule has 2 aromatic rings. The number of nitrogens with zero attached hydrogens (tertiary/aromatic N) is 1. The highest BCUT2D eigenvalue weighted by molar-refractivity contribution is 5.86. The predicted molar refractivity (Wildman–Crippen MR) is 74.6 cm³/mol. The predicted octanol–water partition coefficient (Wildman–Crippen LogP) is 3.70. The Labute approximate surface area is 117 Å². The van der Waals surface area contributed by atoms with Gasteiger partial charge in [-0.15, -0.1) is 12.4 Å². The second-order valence-corrected chi connectivity index (χ2v) is 4.91. The highest BCUT2D eigenvalue weighted by Crippen LogP contribution is 2.36. The molecule has 1 aliphatic heterocycles. The Hall–Kier alpha value is -1.13. The molecule has 2 nitrogen and oxygen atoms in total. The van der Waals surface area contributed by atoms with Gasteiger partial charge in [0.1, 0.15) is 0 Å². The average Bonchev–Trinajstić information content (AvgIpc) is 2.90. The number of aromatic nitrogens is 1. The Balaban J connectivity index is 0.00000133. The van der Waals surface area contributed by atoms with E-state index in [2.05, 4.69) is 4.57 Å². The number of hydrogen-bond donors (Lipinski definition) is 1. The molecule has 0 unspecified atom stereocenters. The van der Waals surface area contributed by atoms with E-state index in [1.54, 1.807) is 0 Å². The Morgan fingerprint density at radius 1 is 1.32 bits per heavy atom. The number of benzene rings is 1. The molecule has 0 amide bonds. The van der Waals surface area contributed by atoms with Crippen molar-refractivity contribution in [3.05, 3.63) is 35.0 Å². The lowest BCUT2D eigenvalue weighted by molar-refractivity contribution is 0.510. The summed E-state index contributed by atoms with van der Waals surface area (Å²) in [5, 5.41) is 0.776. The molecule has 0 spiro atoms. The van der Waals surface area contributed by atoms with Gasteiger partial charge >= 0.3 is 0 Å². The molecule has 0 saturated carbocycles. The highest BCUT2D eigenvalue weighted by atomic mass is 35.5. The lowest BCUT2D eigenvalue weighted by Gasteiger charge is -2.10. The normalized spacial score (nSPS) is 15.4. The minimum atomic E-state index is -0.795. The molecule has 0 saturated heterocycles. The molecule has 0 aliphatic carbocycles. The molecule has 1 atom stereocenters. The van der Waals surface area contributed by atoms with Crippen LogP contribution in [0.5, 0.6) is 0 Å². The van der Waals surface area contributed by atoms with Crippen LogP contribution in [0.4, 0.5) is 8.78 Å². The van der Waals surface area contributed by atoms with Crippen molar-refractivity contribution in [3.8, 4) is 0 Å². The molecular weight excluding hydrogens is 270 g/mol. The molecule has 1 aromatic carbocycles. The molecule has 104 valence electrons. The maximum absolute atomic E-state index is 13.4. The van der Waals surface area contributed by atoms with Gasteiger partial charge in [0.15, 0.2) is 11.6 Å². The second kappa shape index (κ2) is 5.10. The molecule has 3 rings (SSSR count). The van der Waals surface area contributed by atoms with E-state index in [1.807, 2.05) is 6.92 Å². The summed E-state index contributed by atoms with van der Waals surface area (Å²) in [6.07, 6.45) is 2.79. The molecule has 1 aromatic heterocycles. The van der Waals surface area contributed by atoms with Crippen molar-refractivity contribution in [2.24, 2.45) is 5.73 Å². The first kappa shape index (κ1) is 14.3. The van der Waals surface area contributed by atoms with Gasteiger partial charge in [0, 0.05) is 29.7 Å². The van der Waals surface area contributed by atoms with E-state index in [0.717, 1.165) is 48.0 Å². The molecule has 2 heterocycles. The molecular formula is C14H17ClF2N2. The van der Waals surface area contributed by atoms with E-state index in [9.17, 15) is 8.78 Å². The van der Waals surface area contributed by atoms with Crippen molar-refractivity contribution in [1.29, 1.82) is 0 Å². The maximum Gasteiger partial charge on any atom is 0.160 e. The van der Waals surface area contributed by atoms with Gasteiger partial charge in [-0.25, -0.2) is 8.78 Å². The van der Waals surface area contributed by atoms with Crippen LogP contribution in [0.15, 0.2) is 12.1 Å². The molecule has 5 heteroatoms. The fraction of sp³-hybridized carbons (Fsp3) is 0.429. The fourth-order valence-electron chi connectivity index (χ4n) is 2.97. The van der Waals surface area contributed by atoms with E-state index in [1.165, 1.54) is 12.1 Å². The van der Waals surface area contributed by atoms with Crippen molar-refractivity contribution < 1.29 is 8.78 Å². The lowest BCUT2D eigenvalue weighted by atomic mass is 10.00. The minimum absolute atomic E-state index is 0. The summed E-state index contributed by atoms with van der Waals surface area (Å²) < 4.78 is 28.9. The standard InChI is InChI=1S/C14H16F2N2.ClH/c1-2-11(17)14-8-6-9(15)10(16)7-13(8)18-5-3-4-12(14)18;/h6-7,11H,2-5,17H2,1H3;1H/t11-;/m0./s1. The highest BCUT2D eigenvalue weighted by Gasteiger charge is 2.25. The SMILES string of the molecule is CC[C@H](N)c1c2n(c3cc(F)c(F)cc13)CCC2.Cl. The van der Waals surface area contributed by atoms with Gasteiger partial charge in [-0.1, -0.05) is 6.92 Å². The number of aryl methyl sites for hydroxylation is 1. The minimum Gasteiger partial charge on any atom is -0.344 e. The Morgan fingerprint density at radius 2 is 2.00 bits per heavy atom. The first-order chi connectivity index (χ1) is 8.63. The van der Waals surface area contributed by atoms with Gasteiger partial charge in [-0.2, -0.15) is 0 Å². The van der Waals surface area contributed by atoms with Crippen LogP contribution in [0.2, 0.25) is 0 Å². The molecule has 0 bridgehead atoms. The van der Waals surface area contributed by atoms with Crippen LogP contribution in [-0.4, -0.2) is 4.57 Å². The van der Waals surface area contributed by atoms with E-state index < -0.39 is 11.6 Å². The van der Waals surface area contributed by atoms with Crippen LogP contribution in [0, 0.1) is 11.6 Å². The Bertz CT molecular complexity index is 622. The van der Waals surface area contributed by atoms with E-state index in [4.69, 9.17) is 5.73 Å². The number of halogens is 3. The van der Waals surface area contributed by atoms with Crippen molar-refractivity contribution in [1.82, 2.24) is 4.57 Å². The van der Waals surface area contributed by atoms with Crippen molar-refractivity contribution in [3.63, 3.8) is 0 Å². The van der Waals surface area contributed by atoms with Crippen LogP contribution >= 0.6 is 12.4 Å². The van der Waals surface area contributed by atoms with Gasteiger partial charge in [0.25, 0.3) is 0 Å². The zero-order chi connectivity index (χ0) is 12.9. The number of hydrogen-bond acceptors (Lipinski definition) is 1. The summed E-state index contributed by atoms with van der Waals surface area (Å²) in [4.78, 5) is 0. The van der Waals surface area contributed by atoms with Crippen LogP contribution < -0.4 is 5.73 Å². The third-order valence-electron chi connectivity index (χ3n) is 3.86. The van der Waals surface area contributed by atoms with Crippen molar-refractivity contribution >= 4 is 23.3 Å². The Morgan fingerprint density at radius 3 is 2.68 bits per heavy atom. The second-order valence-electron chi connectivity index (χ2n) is 4.91. The Kier molecular flexibility index (Phi) is 3.83. The summed E-state index contributed by atoms with van der Waals surface area (Å²) in [6.45, 7) is 2.88. The quantitative estimate of drug-likeness (QED) is 0.897. The molecule has 1 aliphatic rings. The van der Waals surface area contributed by atoms with Crippen LogP contribution in [0.1, 0.15) is 37.1 Å². The monoisotopic (exact) mass is 286 g/mol. The van der Waals surface area contributed by atoms with Crippen LogP contribution in [-0.2, 0) is 13.0 Å². The first-order valence-electron chi connectivity index (χ1n) is 6.39. The third kappa shape index (κ3) is 2.03. The fourth-order valence-corrected chi connectivity index (χ4v) is 2.97. The molecule has 19 heavy (non-hydrogen) atoms. The van der Waals surface area contributed by atoms with Crippen LogP contribution in [0.3, 0.4) is 0 Å². The number of rotatable bonds is 2.